The molecule has 0 spiro atoms. The van der Waals surface area contributed by atoms with Crippen LogP contribution in [0.2, 0.25) is 0 Å². The number of aliphatic hydroxyl groups is 1. The van der Waals surface area contributed by atoms with Crippen LogP contribution in [0.4, 0.5) is 0 Å². The highest BCUT2D eigenvalue weighted by molar-refractivity contribution is 9.10. The Morgan fingerprint density at radius 3 is 2.93 bits per heavy atom. The lowest BCUT2D eigenvalue weighted by molar-refractivity contribution is 0.0813. The van der Waals surface area contributed by atoms with Gasteiger partial charge in [0.1, 0.15) is 0 Å². The Bertz CT molecular complexity index is 320. The van der Waals surface area contributed by atoms with E-state index >= 15 is 0 Å². The maximum atomic E-state index is 10.3. The summed E-state index contributed by atoms with van der Waals surface area (Å²) in [4.78, 5) is 0. The first-order valence-corrected chi connectivity index (χ1v) is 6.52. The second-order valence-corrected chi connectivity index (χ2v) is 5.62. The van der Waals surface area contributed by atoms with Crippen molar-refractivity contribution in [3.8, 4) is 0 Å². The van der Waals surface area contributed by atoms with Crippen LogP contribution in [0.15, 0.2) is 15.2 Å². The van der Waals surface area contributed by atoms with Crippen molar-refractivity contribution in [1.82, 2.24) is 5.32 Å². The predicted octanol–water partition coefficient (Wildman–Crippen LogP) is 2.69. The van der Waals surface area contributed by atoms with Crippen molar-refractivity contribution in [2.75, 3.05) is 6.54 Å². The lowest BCUT2D eigenvalue weighted by Gasteiger charge is -2.30. The van der Waals surface area contributed by atoms with Gasteiger partial charge in [0.2, 0.25) is 0 Å². The van der Waals surface area contributed by atoms with E-state index in [-0.39, 0.29) is 5.54 Å². The number of thiophene rings is 1. The molecule has 1 aromatic rings. The Labute approximate surface area is 96.5 Å². The summed E-state index contributed by atoms with van der Waals surface area (Å²) in [6.07, 6.45) is 1.77. The summed E-state index contributed by atoms with van der Waals surface area (Å²) in [7, 11) is 0. The highest BCUT2D eigenvalue weighted by Gasteiger charge is 2.37. The van der Waals surface area contributed by atoms with Crippen LogP contribution in [0, 0.1) is 0 Å². The van der Waals surface area contributed by atoms with Crippen LogP contribution in [-0.2, 0) is 0 Å². The van der Waals surface area contributed by atoms with Gasteiger partial charge in [0.15, 0.2) is 0 Å². The molecular formula is C10H14BrNOS. The topological polar surface area (TPSA) is 32.3 Å². The van der Waals surface area contributed by atoms with Crippen molar-refractivity contribution in [3.63, 3.8) is 0 Å². The molecule has 2 nitrogen and oxygen atoms in total. The van der Waals surface area contributed by atoms with Crippen LogP contribution < -0.4 is 5.32 Å². The van der Waals surface area contributed by atoms with Crippen molar-refractivity contribution in [2.45, 2.75) is 31.4 Å². The first-order chi connectivity index (χ1) is 6.63. The van der Waals surface area contributed by atoms with Crippen molar-refractivity contribution < 1.29 is 5.11 Å². The molecule has 1 saturated heterocycles. The van der Waals surface area contributed by atoms with Gasteiger partial charge in [0.25, 0.3) is 0 Å². The van der Waals surface area contributed by atoms with Gasteiger partial charge < -0.3 is 10.4 Å². The summed E-state index contributed by atoms with van der Waals surface area (Å²) in [6, 6.07) is 0. The summed E-state index contributed by atoms with van der Waals surface area (Å²) in [5, 5.41) is 17.7. The van der Waals surface area contributed by atoms with Gasteiger partial charge in [-0.3, -0.25) is 0 Å². The molecule has 0 radical (unpaired) electrons. The molecule has 2 heterocycles. The lowest BCUT2D eigenvalue weighted by atomic mass is 9.89. The number of halogens is 1. The molecule has 0 saturated carbocycles. The molecule has 78 valence electrons. The molecule has 1 aliphatic heterocycles. The number of rotatable bonds is 2. The number of hydrogen-bond donors (Lipinski definition) is 2. The Morgan fingerprint density at radius 1 is 1.64 bits per heavy atom. The van der Waals surface area contributed by atoms with Gasteiger partial charge in [-0.25, -0.2) is 0 Å². The Balaban J connectivity index is 2.23. The minimum atomic E-state index is -0.411. The van der Waals surface area contributed by atoms with E-state index in [1.807, 2.05) is 10.8 Å². The van der Waals surface area contributed by atoms with Gasteiger partial charge in [-0.15, -0.1) is 0 Å². The van der Waals surface area contributed by atoms with E-state index in [9.17, 15) is 5.11 Å². The highest BCUT2D eigenvalue weighted by atomic mass is 79.9. The summed E-state index contributed by atoms with van der Waals surface area (Å²) < 4.78 is 1.02. The summed E-state index contributed by atoms with van der Waals surface area (Å²) in [5.74, 6) is 0. The molecule has 2 N–H and O–H groups in total. The van der Waals surface area contributed by atoms with Crippen molar-refractivity contribution in [1.29, 1.82) is 0 Å². The summed E-state index contributed by atoms with van der Waals surface area (Å²) in [5.41, 5.74) is 0.857. The zero-order valence-corrected chi connectivity index (χ0v) is 10.5. The second kappa shape index (κ2) is 3.93. The molecule has 2 rings (SSSR count). The average molecular weight is 276 g/mol. The minimum absolute atomic E-state index is 0.149. The molecule has 0 amide bonds. The fourth-order valence-electron chi connectivity index (χ4n) is 1.98. The van der Waals surface area contributed by atoms with E-state index in [4.69, 9.17) is 0 Å². The second-order valence-electron chi connectivity index (χ2n) is 4.03. The highest BCUT2D eigenvalue weighted by Crippen LogP contribution is 2.37. The number of aliphatic hydroxyl groups excluding tert-OH is 1. The van der Waals surface area contributed by atoms with E-state index in [0.717, 1.165) is 29.4 Å². The van der Waals surface area contributed by atoms with Gasteiger partial charge in [-0.05, 0) is 47.6 Å². The van der Waals surface area contributed by atoms with E-state index in [1.54, 1.807) is 11.3 Å². The minimum Gasteiger partial charge on any atom is -0.386 e. The van der Waals surface area contributed by atoms with Crippen LogP contribution >= 0.6 is 27.3 Å². The molecule has 14 heavy (non-hydrogen) atoms. The normalized spacial score (nSPS) is 29.4. The third-order valence-corrected chi connectivity index (χ3v) is 4.69. The zero-order chi connectivity index (χ0) is 10.2. The SMILES string of the molecule is CC1(C(O)c2cscc2Br)CCCN1. The van der Waals surface area contributed by atoms with Crippen LogP contribution in [0.1, 0.15) is 31.4 Å². The maximum absolute atomic E-state index is 10.3. The van der Waals surface area contributed by atoms with Gasteiger partial charge in [-0.2, -0.15) is 11.3 Å². The third kappa shape index (κ3) is 1.76. The molecule has 2 unspecified atom stereocenters. The molecule has 4 heteroatoms. The first-order valence-electron chi connectivity index (χ1n) is 4.78. The first kappa shape index (κ1) is 10.6. The van der Waals surface area contributed by atoms with E-state index in [1.165, 1.54) is 0 Å². The van der Waals surface area contributed by atoms with E-state index < -0.39 is 6.10 Å². The summed E-state index contributed by atoms with van der Waals surface area (Å²) >= 11 is 5.08. The van der Waals surface area contributed by atoms with Crippen LogP contribution in [0.5, 0.6) is 0 Å². The summed E-state index contributed by atoms with van der Waals surface area (Å²) in [6.45, 7) is 3.10. The number of nitrogens with one attached hydrogen (secondary N) is 1. The quantitative estimate of drug-likeness (QED) is 0.870. The molecule has 1 fully saturated rings. The van der Waals surface area contributed by atoms with Crippen molar-refractivity contribution in [2.24, 2.45) is 0 Å². The van der Waals surface area contributed by atoms with Crippen LogP contribution in [0.25, 0.3) is 0 Å². The Hall–Kier alpha value is 0.1000. The van der Waals surface area contributed by atoms with Crippen molar-refractivity contribution >= 4 is 27.3 Å². The Kier molecular flexibility index (Phi) is 2.98. The van der Waals surface area contributed by atoms with Gasteiger partial charge in [-0.1, -0.05) is 0 Å². The monoisotopic (exact) mass is 275 g/mol. The fraction of sp³-hybridized carbons (Fsp3) is 0.600. The molecule has 0 aliphatic carbocycles. The fourth-order valence-corrected chi connectivity index (χ4v) is 3.51. The molecule has 0 aromatic carbocycles. The lowest BCUT2D eigenvalue weighted by Crippen LogP contribution is -2.42. The van der Waals surface area contributed by atoms with Gasteiger partial charge in [0.05, 0.1) is 6.10 Å². The van der Waals surface area contributed by atoms with E-state index in [0.29, 0.717) is 0 Å². The third-order valence-electron chi connectivity index (χ3n) is 2.94. The molecule has 0 bridgehead atoms. The smallest absolute Gasteiger partial charge is 0.0987 e. The van der Waals surface area contributed by atoms with Crippen molar-refractivity contribution in [3.05, 3.63) is 20.8 Å². The average Bonchev–Trinajstić information content (AvgIpc) is 2.74. The van der Waals surface area contributed by atoms with Gasteiger partial charge >= 0.3 is 0 Å². The maximum Gasteiger partial charge on any atom is 0.0987 e. The predicted molar refractivity (Wildman–Crippen MR) is 62.6 cm³/mol. The molecular weight excluding hydrogens is 262 g/mol. The zero-order valence-electron chi connectivity index (χ0n) is 8.09. The molecule has 1 aromatic heterocycles. The largest absolute Gasteiger partial charge is 0.386 e. The number of hydrogen-bond acceptors (Lipinski definition) is 3. The standard InChI is InChI=1S/C10H14BrNOS/c1-10(3-2-4-12-10)9(13)7-5-14-6-8(7)11/h5-6,9,12-13H,2-4H2,1H3. The van der Waals surface area contributed by atoms with Gasteiger partial charge in [0, 0.05) is 21.0 Å². The van der Waals surface area contributed by atoms with Crippen LogP contribution in [-0.4, -0.2) is 17.2 Å². The van der Waals surface area contributed by atoms with Crippen LogP contribution in [0.3, 0.4) is 0 Å². The molecule has 2 atom stereocenters. The van der Waals surface area contributed by atoms with E-state index in [2.05, 4.69) is 28.2 Å². The molecule has 1 aliphatic rings. The Morgan fingerprint density at radius 2 is 2.43 bits per heavy atom.